The molecule has 6 heteroatoms. The molecule has 2 aromatic heterocycles. The molecule has 0 spiro atoms. The monoisotopic (exact) mass is 178 g/mol. The minimum atomic E-state index is 0.370. The van der Waals surface area contributed by atoms with Crippen molar-refractivity contribution in [3.05, 3.63) is 5.82 Å². The average Bonchev–Trinajstić information content (AvgIpc) is 2.32. The number of aromatic nitrogens is 4. The maximum Gasteiger partial charge on any atom is 0.155 e. The van der Waals surface area contributed by atoms with E-state index in [0.717, 1.165) is 0 Å². The van der Waals surface area contributed by atoms with Crippen molar-refractivity contribution in [2.24, 2.45) is 7.05 Å². The van der Waals surface area contributed by atoms with Crippen molar-refractivity contribution >= 4 is 22.7 Å². The van der Waals surface area contributed by atoms with Crippen molar-refractivity contribution in [1.29, 1.82) is 0 Å². The van der Waals surface area contributed by atoms with E-state index in [0.29, 0.717) is 28.5 Å². The van der Waals surface area contributed by atoms with Crippen LogP contribution in [0.4, 0.5) is 11.6 Å². The lowest BCUT2D eigenvalue weighted by Crippen LogP contribution is -1.97. The van der Waals surface area contributed by atoms with Gasteiger partial charge in [0.2, 0.25) is 0 Å². The minimum Gasteiger partial charge on any atom is -0.382 e. The summed E-state index contributed by atoms with van der Waals surface area (Å²) in [6.45, 7) is 1.77. The third-order valence-electron chi connectivity index (χ3n) is 1.86. The molecular formula is C7H10N6. The van der Waals surface area contributed by atoms with Crippen molar-refractivity contribution in [2.45, 2.75) is 6.92 Å². The van der Waals surface area contributed by atoms with Gasteiger partial charge in [-0.05, 0) is 6.92 Å². The highest BCUT2D eigenvalue weighted by Gasteiger charge is 2.11. The summed E-state index contributed by atoms with van der Waals surface area (Å²) >= 11 is 0. The minimum absolute atomic E-state index is 0.370. The van der Waals surface area contributed by atoms with E-state index in [2.05, 4.69) is 15.1 Å². The van der Waals surface area contributed by atoms with E-state index in [1.165, 1.54) is 4.68 Å². The maximum absolute atomic E-state index is 5.73. The molecule has 0 amide bonds. The van der Waals surface area contributed by atoms with Gasteiger partial charge in [0, 0.05) is 7.05 Å². The van der Waals surface area contributed by atoms with E-state index in [1.807, 2.05) is 0 Å². The number of aryl methyl sites for hydroxylation is 2. The zero-order valence-electron chi connectivity index (χ0n) is 7.44. The Morgan fingerprint density at radius 2 is 1.85 bits per heavy atom. The van der Waals surface area contributed by atoms with E-state index in [9.17, 15) is 0 Å². The number of hydrogen-bond acceptors (Lipinski definition) is 5. The van der Waals surface area contributed by atoms with E-state index in [1.54, 1.807) is 14.0 Å². The van der Waals surface area contributed by atoms with Crippen molar-refractivity contribution in [3.8, 4) is 0 Å². The van der Waals surface area contributed by atoms with Crippen LogP contribution in [0.2, 0.25) is 0 Å². The number of fused-ring (bicyclic) bond motifs is 1. The Balaban J connectivity index is 2.94. The first-order chi connectivity index (χ1) is 6.09. The number of nitrogens with zero attached hydrogens (tertiary/aromatic N) is 4. The lowest BCUT2D eigenvalue weighted by atomic mass is 10.4. The molecule has 0 radical (unpaired) electrons. The first-order valence-corrected chi connectivity index (χ1v) is 3.82. The molecule has 0 fully saturated rings. The quantitative estimate of drug-likeness (QED) is 0.584. The third-order valence-corrected chi connectivity index (χ3v) is 1.86. The lowest BCUT2D eigenvalue weighted by Gasteiger charge is -1.95. The van der Waals surface area contributed by atoms with Crippen LogP contribution in [0.3, 0.4) is 0 Å². The van der Waals surface area contributed by atoms with Crippen LogP contribution < -0.4 is 11.5 Å². The van der Waals surface area contributed by atoms with Gasteiger partial charge in [-0.1, -0.05) is 0 Å². The van der Waals surface area contributed by atoms with Gasteiger partial charge in [-0.3, -0.25) is 4.68 Å². The molecule has 0 unspecified atom stereocenters. The summed E-state index contributed by atoms with van der Waals surface area (Å²) in [6.07, 6.45) is 0. The second-order valence-corrected chi connectivity index (χ2v) is 2.86. The zero-order chi connectivity index (χ0) is 9.59. The van der Waals surface area contributed by atoms with E-state index in [4.69, 9.17) is 11.5 Å². The average molecular weight is 178 g/mol. The van der Waals surface area contributed by atoms with Gasteiger partial charge in [0.05, 0.1) is 0 Å². The summed E-state index contributed by atoms with van der Waals surface area (Å²) in [5, 5.41) is 4.10. The van der Waals surface area contributed by atoms with Gasteiger partial charge in [-0.15, -0.1) is 0 Å². The number of hydrogen-bond donors (Lipinski definition) is 2. The second kappa shape index (κ2) is 2.32. The molecule has 2 heterocycles. The van der Waals surface area contributed by atoms with Crippen molar-refractivity contribution in [1.82, 2.24) is 19.7 Å². The smallest absolute Gasteiger partial charge is 0.155 e. The van der Waals surface area contributed by atoms with Gasteiger partial charge in [0.15, 0.2) is 11.3 Å². The van der Waals surface area contributed by atoms with Crippen LogP contribution in [0.25, 0.3) is 11.0 Å². The van der Waals surface area contributed by atoms with E-state index in [-0.39, 0.29) is 0 Å². The predicted molar refractivity (Wildman–Crippen MR) is 49.9 cm³/mol. The molecule has 4 N–H and O–H groups in total. The van der Waals surface area contributed by atoms with Crippen LogP contribution in [0, 0.1) is 6.92 Å². The highest BCUT2D eigenvalue weighted by atomic mass is 15.3. The van der Waals surface area contributed by atoms with Crippen LogP contribution in [0.15, 0.2) is 0 Å². The lowest BCUT2D eigenvalue weighted by molar-refractivity contribution is 0.791. The van der Waals surface area contributed by atoms with Gasteiger partial charge in [0.1, 0.15) is 17.2 Å². The Labute approximate surface area is 74.6 Å². The maximum atomic E-state index is 5.73. The van der Waals surface area contributed by atoms with Crippen molar-refractivity contribution in [3.63, 3.8) is 0 Å². The highest BCUT2D eigenvalue weighted by Crippen LogP contribution is 2.20. The Morgan fingerprint density at radius 3 is 2.54 bits per heavy atom. The number of rotatable bonds is 0. The fourth-order valence-corrected chi connectivity index (χ4v) is 1.22. The van der Waals surface area contributed by atoms with Crippen LogP contribution >= 0.6 is 0 Å². The Kier molecular flexibility index (Phi) is 1.39. The molecule has 0 aliphatic carbocycles. The van der Waals surface area contributed by atoms with Gasteiger partial charge >= 0.3 is 0 Å². The number of nitrogens with two attached hydrogens (primary N) is 2. The number of nitrogen functional groups attached to an aromatic ring is 2. The normalized spacial score (nSPS) is 10.9. The molecule has 0 aliphatic rings. The third kappa shape index (κ3) is 0.986. The molecule has 0 bridgehead atoms. The Hall–Kier alpha value is -1.85. The molecule has 0 aromatic carbocycles. The summed E-state index contributed by atoms with van der Waals surface area (Å²) < 4.78 is 1.54. The van der Waals surface area contributed by atoms with Gasteiger partial charge < -0.3 is 11.5 Å². The van der Waals surface area contributed by atoms with E-state index < -0.39 is 0 Å². The molecule has 2 rings (SSSR count). The Bertz CT molecular complexity index is 471. The first kappa shape index (κ1) is 7.78. The van der Waals surface area contributed by atoms with Gasteiger partial charge in [-0.25, -0.2) is 9.97 Å². The fraction of sp³-hybridized carbons (Fsp3) is 0.286. The van der Waals surface area contributed by atoms with Gasteiger partial charge in [0.25, 0.3) is 0 Å². The fourth-order valence-electron chi connectivity index (χ4n) is 1.22. The topological polar surface area (TPSA) is 95.6 Å². The first-order valence-electron chi connectivity index (χ1n) is 3.82. The molecule has 0 atom stereocenters. The molecule has 13 heavy (non-hydrogen) atoms. The molecule has 2 aromatic rings. The van der Waals surface area contributed by atoms with Crippen molar-refractivity contribution in [2.75, 3.05) is 11.5 Å². The molecule has 68 valence electrons. The van der Waals surface area contributed by atoms with E-state index >= 15 is 0 Å². The summed E-state index contributed by atoms with van der Waals surface area (Å²) in [4.78, 5) is 8.15. The SMILES string of the molecule is Cc1nc(N)c2nn(C)c(N)c2n1. The number of anilines is 2. The molecule has 0 saturated carbocycles. The largest absolute Gasteiger partial charge is 0.382 e. The second-order valence-electron chi connectivity index (χ2n) is 2.86. The predicted octanol–water partition coefficient (Wildman–Crippen LogP) is -0.164. The molecule has 0 saturated heterocycles. The van der Waals surface area contributed by atoms with Crippen LogP contribution in [0.5, 0.6) is 0 Å². The van der Waals surface area contributed by atoms with Crippen molar-refractivity contribution < 1.29 is 0 Å². The summed E-state index contributed by atoms with van der Waals surface area (Å²) in [6, 6.07) is 0. The molecule has 6 nitrogen and oxygen atoms in total. The standard InChI is InChI=1S/C7H10N6/c1-3-10-5-4(6(8)11-3)12-13(2)7(5)9/h9H2,1-2H3,(H2,8,10,11). The van der Waals surface area contributed by atoms with Crippen LogP contribution in [-0.2, 0) is 7.05 Å². The molecular weight excluding hydrogens is 168 g/mol. The van der Waals surface area contributed by atoms with Gasteiger partial charge in [-0.2, -0.15) is 5.10 Å². The summed E-state index contributed by atoms with van der Waals surface area (Å²) in [7, 11) is 1.74. The highest BCUT2D eigenvalue weighted by molar-refractivity contribution is 5.91. The zero-order valence-corrected chi connectivity index (χ0v) is 7.44. The summed E-state index contributed by atoms with van der Waals surface area (Å²) in [5.74, 6) is 1.48. The van der Waals surface area contributed by atoms with Crippen LogP contribution in [0.1, 0.15) is 5.82 Å². The Morgan fingerprint density at radius 1 is 1.15 bits per heavy atom. The molecule has 0 aliphatic heterocycles. The van der Waals surface area contributed by atoms with Crippen LogP contribution in [-0.4, -0.2) is 19.7 Å². The summed E-state index contributed by atoms with van der Waals surface area (Å²) in [5.41, 5.74) is 12.6.